The van der Waals surface area contributed by atoms with Crippen LogP contribution >= 0.6 is 23.2 Å². The third kappa shape index (κ3) is 3.14. The van der Waals surface area contributed by atoms with Crippen molar-refractivity contribution in [2.75, 3.05) is 5.32 Å². The average Bonchev–Trinajstić information content (AvgIpc) is 2.41. The first kappa shape index (κ1) is 14.9. The summed E-state index contributed by atoms with van der Waals surface area (Å²) >= 11 is 12.0. The zero-order chi connectivity index (χ0) is 14.7. The molecule has 1 unspecified atom stereocenters. The van der Waals surface area contributed by atoms with Gasteiger partial charge in [0.25, 0.3) is 5.56 Å². The second-order valence-corrected chi connectivity index (χ2v) is 5.24. The second-order valence-electron chi connectivity index (χ2n) is 4.40. The van der Waals surface area contributed by atoms with Gasteiger partial charge in [-0.2, -0.15) is 0 Å². The minimum absolute atomic E-state index is 0.146. The monoisotopic (exact) mass is 311 g/mol. The van der Waals surface area contributed by atoms with Crippen molar-refractivity contribution in [3.8, 4) is 0 Å². The van der Waals surface area contributed by atoms with Gasteiger partial charge in [-0.05, 0) is 31.5 Å². The molecular weight excluding hydrogens is 297 g/mol. The van der Waals surface area contributed by atoms with Crippen LogP contribution in [0.4, 0.5) is 5.82 Å². The number of hydrogen-bond acceptors (Lipinski definition) is 3. The zero-order valence-electron chi connectivity index (χ0n) is 11.2. The van der Waals surface area contributed by atoms with Gasteiger partial charge in [-0.25, -0.2) is 4.98 Å². The first-order chi connectivity index (χ1) is 9.52. The van der Waals surface area contributed by atoms with Gasteiger partial charge in [0.15, 0.2) is 5.82 Å². The molecule has 2 rings (SSSR count). The first-order valence-corrected chi connectivity index (χ1v) is 7.05. The van der Waals surface area contributed by atoms with Gasteiger partial charge in [-0.1, -0.05) is 29.3 Å². The molecule has 106 valence electrons. The Bertz CT molecular complexity index is 670. The molecule has 6 heteroatoms. The maximum atomic E-state index is 12.1. The summed E-state index contributed by atoms with van der Waals surface area (Å²) in [6.07, 6.45) is 3.26. The summed E-state index contributed by atoms with van der Waals surface area (Å²) in [5.74, 6) is 0.313. The molecule has 0 spiro atoms. The van der Waals surface area contributed by atoms with Gasteiger partial charge in [0.1, 0.15) is 0 Å². The van der Waals surface area contributed by atoms with Crippen LogP contribution in [0, 0.1) is 0 Å². The topological polar surface area (TPSA) is 46.9 Å². The summed E-state index contributed by atoms with van der Waals surface area (Å²) in [7, 11) is 0. The van der Waals surface area contributed by atoms with Crippen LogP contribution in [0.5, 0.6) is 0 Å². The Morgan fingerprint density at radius 1 is 1.40 bits per heavy atom. The van der Waals surface area contributed by atoms with E-state index in [1.807, 2.05) is 19.9 Å². The Kier molecular flexibility index (Phi) is 4.68. The molecule has 0 bridgehead atoms. The molecule has 0 amide bonds. The standard InChI is InChI=1S/C14H15Cl2N3O/c1-3-19-7-6-17-13(14(19)20)18-9(2)11-5-4-10(15)8-12(11)16/h4-9H,3H2,1-2H3,(H,17,18). The van der Waals surface area contributed by atoms with Gasteiger partial charge >= 0.3 is 0 Å². The molecular formula is C14H15Cl2N3O. The Balaban J connectivity index is 2.28. The SMILES string of the molecule is CCn1ccnc(NC(C)c2ccc(Cl)cc2Cl)c1=O. The molecule has 0 radical (unpaired) electrons. The quantitative estimate of drug-likeness (QED) is 0.935. The van der Waals surface area contributed by atoms with Crippen LogP contribution in [-0.4, -0.2) is 9.55 Å². The molecule has 0 saturated heterocycles. The van der Waals surface area contributed by atoms with Crippen LogP contribution in [0.3, 0.4) is 0 Å². The molecule has 1 atom stereocenters. The fourth-order valence-corrected chi connectivity index (χ4v) is 2.50. The first-order valence-electron chi connectivity index (χ1n) is 6.30. The van der Waals surface area contributed by atoms with Gasteiger partial charge in [-0.15, -0.1) is 0 Å². The summed E-state index contributed by atoms with van der Waals surface area (Å²) < 4.78 is 1.59. The smallest absolute Gasteiger partial charge is 0.293 e. The van der Waals surface area contributed by atoms with Crippen LogP contribution in [-0.2, 0) is 6.54 Å². The lowest BCUT2D eigenvalue weighted by atomic mass is 10.1. The van der Waals surface area contributed by atoms with Gasteiger partial charge in [0.2, 0.25) is 0 Å². The zero-order valence-corrected chi connectivity index (χ0v) is 12.7. The number of benzene rings is 1. The molecule has 1 aromatic heterocycles. The summed E-state index contributed by atoms with van der Waals surface area (Å²) in [5, 5.41) is 4.23. The third-order valence-corrected chi connectivity index (χ3v) is 3.60. The summed E-state index contributed by atoms with van der Waals surface area (Å²) in [6, 6.07) is 5.14. The largest absolute Gasteiger partial charge is 0.359 e. The average molecular weight is 312 g/mol. The highest BCUT2D eigenvalue weighted by Crippen LogP contribution is 2.27. The molecule has 2 aromatic rings. The van der Waals surface area contributed by atoms with E-state index in [-0.39, 0.29) is 11.6 Å². The number of aryl methyl sites for hydroxylation is 1. The summed E-state index contributed by atoms with van der Waals surface area (Å²) in [6.45, 7) is 4.43. The number of hydrogen-bond donors (Lipinski definition) is 1. The van der Waals surface area contributed by atoms with Crippen molar-refractivity contribution in [2.24, 2.45) is 0 Å². The lowest BCUT2D eigenvalue weighted by Crippen LogP contribution is -2.24. The highest BCUT2D eigenvalue weighted by molar-refractivity contribution is 6.35. The Hall–Kier alpha value is -1.52. The van der Waals surface area contributed by atoms with Gasteiger partial charge in [0.05, 0.1) is 6.04 Å². The summed E-state index contributed by atoms with van der Waals surface area (Å²) in [5.41, 5.74) is 0.719. The normalized spacial score (nSPS) is 12.2. The highest BCUT2D eigenvalue weighted by Gasteiger charge is 2.13. The van der Waals surface area contributed by atoms with E-state index in [0.29, 0.717) is 22.4 Å². The Morgan fingerprint density at radius 3 is 2.80 bits per heavy atom. The molecule has 20 heavy (non-hydrogen) atoms. The van der Waals surface area contributed by atoms with Crippen molar-refractivity contribution in [1.82, 2.24) is 9.55 Å². The van der Waals surface area contributed by atoms with Crippen molar-refractivity contribution >= 4 is 29.0 Å². The predicted molar refractivity (Wildman–Crippen MR) is 82.7 cm³/mol. The predicted octanol–water partition coefficient (Wildman–Crippen LogP) is 3.74. The molecule has 0 saturated carbocycles. The molecule has 4 nitrogen and oxygen atoms in total. The van der Waals surface area contributed by atoms with E-state index in [2.05, 4.69) is 10.3 Å². The Morgan fingerprint density at radius 2 is 2.15 bits per heavy atom. The molecule has 1 N–H and O–H groups in total. The molecule has 0 aliphatic carbocycles. The number of nitrogens with zero attached hydrogens (tertiary/aromatic N) is 2. The van der Waals surface area contributed by atoms with Gasteiger partial charge in [0, 0.05) is 29.0 Å². The summed E-state index contributed by atoms with van der Waals surface area (Å²) in [4.78, 5) is 16.2. The van der Waals surface area contributed by atoms with Crippen LogP contribution in [0.25, 0.3) is 0 Å². The number of rotatable bonds is 4. The van der Waals surface area contributed by atoms with E-state index < -0.39 is 0 Å². The van der Waals surface area contributed by atoms with Gasteiger partial charge < -0.3 is 9.88 Å². The molecule has 1 aromatic carbocycles. The maximum absolute atomic E-state index is 12.1. The Labute approximate surface area is 127 Å². The van der Waals surface area contributed by atoms with Crippen molar-refractivity contribution in [3.05, 3.63) is 56.6 Å². The fraction of sp³-hybridized carbons (Fsp3) is 0.286. The fourth-order valence-electron chi connectivity index (χ4n) is 1.93. The number of halogens is 2. The number of anilines is 1. The molecule has 1 heterocycles. The van der Waals surface area contributed by atoms with E-state index in [1.165, 1.54) is 0 Å². The van der Waals surface area contributed by atoms with Crippen LogP contribution < -0.4 is 10.9 Å². The van der Waals surface area contributed by atoms with Gasteiger partial charge in [-0.3, -0.25) is 4.79 Å². The maximum Gasteiger partial charge on any atom is 0.293 e. The van der Waals surface area contributed by atoms with Crippen molar-refractivity contribution < 1.29 is 0 Å². The van der Waals surface area contributed by atoms with Crippen LogP contribution in [0.2, 0.25) is 10.0 Å². The molecule has 0 aliphatic heterocycles. The number of aromatic nitrogens is 2. The van der Waals surface area contributed by atoms with Crippen molar-refractivity contribution in [3.63, 3.8) is 0 Å². The van der Waals surface area contributed by atoms with E-state index in [1.54, 1.807) is 29.1 Å². The van der Waals surface area contributed by atoms with E-state index in [4.69, 9.17) is 23.2 Å². The van der Waals surface area contributed by atoms with Crippen LogP contribution in [0.15, 0.2) is 35.4 Å². The van der Waals surface area contributed by atoms with E-state index in [0.717, 1.165) is 5.56 Å². The second kappa shape index (κ2) is 6.29. The molecule has 0 fully saturated rings. The molecule has 0 aliphatic rings. The van der Waals surface area contributed by atoms with Crippen LogP contribution in [0.1, 0.15) is 25.5 Å². The minimum atomic E-state index is -0.146. The minimum Gasteiger partial charge on any atom is -0.359 e. The highest BCUT2D eigenvalue weighted by atomic mass is 35.5. The lowest BCUT2D eigenvalue weighted by Gasteiger charge is -2.16. The van der Waals surface area contributed by atoms with Crippen molar-refractivity contribution in [1.29, 1.82) is 0 Å². The van der Waals surface area contributed by atoms with E-state index in [9.17, 15) is 4.79 Å². The third-order valence-electron chi connectivity index (χ3n) is 3.04. The number of nitrogens with one attached hydrogen (secondary N) is 1. The lowest BCUT2D eigenvalue weighted by molar-refractivity contribution is 0.714. The van der Waals surface area contributed by atoms with E-state index >= 15 is 0 Å². The van der Waals surface area contributed by atoms with Crippen molar-refractivity contribution in [2.45, 2.75) is 26.4 Å².